The number of thioether (sulfide) groups is 1. The Morgan fingerprint density at radius 3 is 2.68 bits per heavy atom. The fourth-order valence-electron chi connectivity index (χ4n) is 3.72. The van der Waals surface area contributed by atoms with Crippen molar-refractivity contribution in [2.24, 2.45) is 7.05 Å². The van der Waals surface area contributed by atoms with Gasteiger partial charge in [-0.2, -0.15) is 11.8 Å². The molecule has 2 saturated heterocycles. The van der Waals surface area contributed by atoms with E-state index in [2.05, 4.69) is 53.8 Å². The van der Waals surface area contributed by atoms with Gasteiger partial charge in [-0.1, -0.05) is 6.07 Å². The van der Waals surface area contributed by atoms with Crippen molar-refractivity contribution in [1.29, 1.82) is 0 Å². The Morgan fingerprint density at radius 2 is 1.95 bits per heavy atom. The van der Waals surface area contributed by atoms with Crippen molar-refractivity contribution in [2.45, 2.75) is 41.8 Å². The molecule has 2 unspecified atom stereocenters. The lowest BCUT2D eigenvalue weighted by atomic mass is 9.85. The van der Waals surface area contributed by atoms with E-state index < -0.39 is 5.60 Å². The first-order valence-corrected chi connectivity index (χ1v) is 8.02. The van der Waals surface area contributed by atoms with E-state index in [0.717, 1.165) is 18.4 Å². The number of aromatic nitrogens is 1. The van der Waals surface area contributed by atoms with Gasteiger partial charge >= 0.3 is 0 Å². The summed E-state index contributed by atoms with van der Waals surface area (Å²) >= 11 is 2.09. The predicted octanol–water partition coefficient (Wildman–Crippen LogP) is 3.42. The van der Waals surface area contributed by atoms with Crippen LogP contribution in [-0.2, 0) is 12.6 Å². The van der Waals surface area contributed by atoms with E-state index in [1.165, 1.54) is 23.7 Å². The summed E-state index contributed by atoms with van der Waals surface area (Å²) in [6.07, 6.45) is 6.49. The summed E-state index contributed by atoms with van der Waals surface area (Å²) in [4.78, 5) is 0. The molecule has 2 fully saturated rings. The van der Waals surface area contributed by atoms with Gasteiger partial charge < -0.3 is 9.67 Å². The van der Waals surface area contributed by atoms with Crippen molar-refractivity contribution < 1.29 is 5.11 Å². The average molecular weight is 273 g/mol. The molecule has 2 aromatic rings. The van der Waals surface area contributed by atoms with Crippen molar-refractivity contribution in [3.8, 4) is 0 Å². The Labute approximate surface area is 117 Å². The summed E-state index contributed by atoms with van der Waals surface area (Å²) in [5.41, 5.74) is 1.75. The van der Waals surface area contributed by atoms with Crippen LogP contribution in [0, 0.1) is 0 Å². The molecule has 0 amide bonds. The van der Waals surface area contributed by atoms with Crippen LogP contribution in [0.5, 0.6) is 0 Å². The number of fused-ring (bicyclic) bond motifs is 3. The van der Waals surface area contributed by atoms with Crippen LogP contribution in [-0.4, -0.2) is 20.2 Å². The molecule has 1 aromatic carbocycles. The van der Waals surface area contributed by atoms with E-state index in [1.807, 2.05) is 0 Å². The lowest BCUT2D eigenvalue weighted by molar-refractivity contribution is 0.0198. The minimum Gasteiger partial charge on any atom is -0.385 e. The SMILES string of the molecule is Cn1ccc2cc(C3(O)CC4CCC(C3)S4)ccc21. The molecule has 1 N–H and O–H groups in total. The fraction of sp³-hybridized carbons (Fsp3) is 0.500. The summed E-state index contributed by atoms with van der Waals surface area (Å²) in [7, 11) is 2.06. The highest BCUT2D eigenvalue weighted by molar-refractivity contribution is 8.00. The van der Waals surface area contributed by atoms with Crippen LogP contribution in [0.1, 0.15) is 31.2 Å². The molecule has 2 bridgehead atoms. The number of aliphatic hydroxyl groups is 1. The third-order valence-corrected chi connectivity index (χ3v) is 6.32. The Balaban J connectivity index is 1.76. The highest BCUT2D eigenvalue weighted by Crippen LogP contribution is 2.51. The highest BCUT2D eigenvalue weighted by Gasteiger charge is 2.44. The van der Waals surface area contributed by atoms with Gasteiger partial charge in [0.15, 0.2) is 0 Å². The molecule has 3 heteroatoms. The lowest BCUT2D eigenvalue weighted by Crippen LogP contribution is -2.34. The van der Waals surface area contributed by atoms with Crippen LogP contribution in [0.4, 0.5) is 0 Å². The van der Waals surface area contributed by atoms with Crippen molar-refractivity contribution in [3.05, 3.63) is 36.0 Å². The molecule has 3 heterocycles. The van der Waals surface area contributed by atoms with Crippen molar-refractivity contribution in [1.82, 2.24) is 4.57 Å². The normalized spacial score (nSPS) is 34.0. The maximum Gasteiger partial charge on any atom is 0.0917 e. The zero-order valence-corrected chi connectivity index (χ0v) is 12.0. The van der Waals surface area contributed by atoms with Gasteiger partial charge in [0.05, 0.1) is 5.60 Å². The Kier molecular flexibility index (Phi) is 2.52. The van der Waals surface area contributed by atoms with E-state index in [1.54, 1.807) is 0 Å². The minimum atomic E-state index is -0.596. The maximum atomic E-state index is 11.1. The van der Waals surface area contributed by atoms with Crippen molar-refractivity contribution >= 4 is 22.7 Å². The largest absolute Gasteiger partial charge is 0.385 e. The number of benzene rings is 1. The van der Waals surface area contributed by atoms with E-state index in [-0.39, 0.29) is 0 Å². The Bertz CT molecular complexity index is 621. The molecule has 2 aliphatic heterocycles. The molecule has 0 saturated carbocycles. The van der Waals surface area contributed by atoms with Crippen molar-refractivity contribution in [2.75, 3.05) is 0 Å². The minimum absolute atomic E-state index is 0.596. The first kappa shape index (κ1) is 11.9. The summed E-state index contributed by atoms with van der Waals surface area (Å²) in [5.74, 6) is 0. The van der Waals surface area contributed by atoms with Gasteiger partial charge in [0.1, 0.15) is 0 Å². The molecule has 4 rings (SSSR count). The van der Waals surface area contributed by atoms with E-state index in [4.69, 9.17) is 0 Å². The third kappa shape index (κ3) is 1.83. The number of aryl methyl sites for hydroxylation is 1. The van der Waals surface area contributed by atoms with Crippen LogP contribution < -0.4 is 0 Å². The van der Waals surface area contributed by atoms with Crippen LogP contribution in [0.2, 0.25) is 0 Å². The molecule has 2 nitrogen and oxygen atoms in total. The number of rotatable bonds is 1. The molecule has 1 aromatic heterocycles. The molecular formula is C16H19NOS. The zero-order valence-electron chi connectivity index (χ0n) is 11.2. The molecule has 0 aliphatic carbocycles. The van der Waals surface area contributed by atoms with E-state index >= 15 is 0 Å². The van der Waals surface area contributed by atoms with Gasteiger partial charge in [-0.05, 0) is 54.8 Å². The standard InChI is InChI=1S/C16H19NOS/c1-17-7-6-11-8-12(2-5-15(11)17)16(18)9-13-3-4-14(10-16)19-13/h2,5-8,13-14,18H,3-4,9-10H2,1H3. The maximum absolute atomic E-state index is 11.1. The molecule has 19 heavy (non-hydrogen) atoms. The van der Waals surface area contributed by atoms with Gasteiger partial charge in [-0.3, -0.25) is 0 Å². The molecule has 0 radical (unpaired) electrons. The molecular weight excluding hydrogens is 254 g/mol. The van der Waals surface area contributed by atoms with Crippen molar-refractivity contribution in [3.63, 3.8) is 0 Å². The Hall–Kier alpha value is -0.930. The van der Waals surface area contributed by atoms with Gasteiger partial charge in [0, 0.05) is 29.3 Å². The third-order valence-electron chi connectivity index (χ3n) is 4.75. The Morgan fingerprint density at radius 1 is 1.21 bits per heavy atom. The van der Waals surface area contributed by atoms with Crippen LogP contribution in [0.25, 0.3) is 10.9 Å². The number of nitrogens with zero attached hydrogens (tertiary/aromatic N) is 1. The van der Waals surface area contributed by atoms with Crippen LogP contribution >= 0.6 is 11.8 Å². The number of hydrogen-bond acceptors (Lipinski definition) is 2. The van der Waals surface area contributed by atoms with Gasteiger partial charge in [-0.15, -0.1) is 0 Å². The average Bonchev–Trinajstić information content (AvgIpc) is 2.93. The summed E-state index contributed by atoms with van der Waals surface area (Å²) < 4.78 is 2.13. The molecule has 0 spiro atoms. The second-order valence-electron chi connectivity index (χ2n) is 6.10. The zero-order chi connectivity index (χ0) is 13.0. The lowest BCUT2D eigenvalue weighted by Gasteiger charge is -2.36. The highest BCUT2D eigenvalue weighted by atomic mass is 32.2. The topological polar surface area (TPSA) is 25.2 Å². The van der Waals surface area contributed by atoms with Crippen LogP contribution in [0.15, 0.2) is 30.5 Å². The molecule has 2 atom stereocenters. The summed E-state index contributed by atoms with van der Waals surface area (Å²) in [5, 5.41) is 13.6. The first-order valence-electron chi connectivity index (χ1n) is 7.07. The summed E-state index contributed by atoms with van der Waals surface area (Å²) in [6.45, 7) is 0. The fourth-order valence-corrected chi connectivity index (χ4v) is 5.56. The molecule has 100 valence electrons. The second kappa shape index (κ2) is 4.03. The van der Waals surface area contributed by atoms with Gasteiger partial charge in [-0.25, -0.2) is 0 Å². The quantitative estimate of drug-likeness (QED) is 0.861. The number of hydrogen-bond donors (Lipinski definition) is 1. The van der Waals surface area contributed by atoms with E-state index in [9.17, 15) is 5.11 Å². The summed E-state index contributed by atoms with van der Waals surface area (Å²) in [6, 6.07) is 8.59. The van der Waals surface area contributed by atoms with Gasteiger partial charge in [0.25, 0.3) is 0 Å². The van der Waals surface area contributed by atoms with E-state index in [0.29, 0.717) is 10.5 Å². The first-order chi connectivity index (χ1) is 9.14. The predicted molar refractivity (Wildman–Crippen MR) is 80.5 cm³/mol. The second-order valence-corrected chi connectivity index (χ2v) is 7.70. The van der Waals surface area contributed by atoms with Gasteiger partial charge in [0.2, 0.25) is 0 Å². The smallest absolute Gasteiger partial charge is 0.0917 e. The van der Waals surface area contributed by atoms with Crippen LogP contribution in [0.3, 0.4) is 0 Å². The molecule has 2 aliphatic rings. The monoisotopic (exact) mass is 273 g/mol.